The summed E-state index contributed by atoms with van der Waals surface area (Å²) in [5, 5.41) is 0. The van der Waals surface area contributed by atoms with Gasteiger partial charge in [0.25, 0.3) is 0 Å². The SMILES string of the molecule is CC(C)(C)CCCc1ccc(O[C@H]2C[C@H](OC(C)(C)C)C2)cn1. The van der Waals surface area contributed by atoms with Crippen molar-refractivity contribution in [2.45, 2.75) is 91.5 Å². The van der Waals surface area contributed by atoms with Crippen LogP contribution >= 0.6 is 0 Å². The van der Waals surface area contributed by atoms with Crippen LogP contribution in [0.2, 0.25) is 0 Å². The molecular weight excluding hydrogens is 286 g/mol. The van der Waals surface area contributed by atoms with Crippen LogP contribution < -0.4 is 4.74 Å². The molecule has 0 N–H and O–H groups in total. The zero-order valence-electron chi connectivity index (χ0n) is 15.7. The predicted molar refractivity (Wildman–Crippen MR) is 94.9 cm³/mol. The smallest absolute Gasteiger partial charge is 0.138 e. The van der Waals surface area contributed by atoms with Gasteiger partial charge in [-0.1, -0.05) is 20.8 Å². The topological polar surface area (TPSA) is 31.4 Å². The minimum atomic E-state index is -0.0636. The highest BCUT2D eigenvalue weighted by Crippen LogP contribution is 2.31. The molecule has 0 radical (unpaired) electrons. The Labute approximate surface area is 141 Å². The van der Waals surface area contributed by atoms with Gasteiger partial charge in [-0.25, -0.2) is 0 Å². The molecule has 0 amide bonds. The van der Waals surface area contributed by atoms with E-state index in [-0.39, 0.29) is 11.7 Å². The van der Waals surface area contributed by atoms with Gasteiger partial charge in [0.15, 0.2) is 0 Å². The van der Waals surface area contributed by atoms with Gasteiger partial charge in [-0.3, -0.25) is 4.98 Å². The first kappa shape index (κ1) is 18.3. The van der Waals surface area contributed by atoms with Crippen molar-refractivity contribution in [3.8, 4) is 5.75 Å². The summed E-state index contributed by atoms with van der Waals surface area (Å²) in [5.74, 6) is 0.879. The van der Waals surface area contributed by atoms with Gasteiger partial charge >= 0.3 is 0 Å². The van der Waals surface area contributed by atoms with Crippen LogP contribution in [0.3, 0.4) is 0 Å². The number of pyridine rings is 1. The Balaban J connectivity index is 1.70. The Hall–Kier alpha value is -1.09. The van der Waals surface area contributed by atoms with E-state index in [0.29, 0.717) is 11.5 Å². The van der Waals surface area contributed by atoms with E-state index in [1.54, 1.807) is 0 Å². The van der Waals surface area contributed by atoms with Crippen LogP contribution in [-0.2, 0) is 11.2 Å². The Kier molecular flexibility index (Phi) is 5.72. The molecule has 1 aromatic heterocycles. The lowest BCUT2D eigenvalue weighted by molar-refractivity contribution is -0.126. The van der Waals surface area contributed by atoms with Crippen molar-refractivity contribution >= 4 is 0 Å². The van der Waals surface area contributed by atoms with Crippen molar-refractivity contribution in [1.82, 2.24) is 4.98 Å². The lowest BCUT2D eigenvalue weighted by atomic mass is 9.89. The Bertz CT molecular complexity index is 476. The minimum absolute atomic E-state index is 0.0636. The standard InChI is InChI=1S/C20H33NO2/c1-19(2,3)11-7-8-15-9-10-16(14-21-15)22-17-12-18(13-17)23-20(4,5)6/h9-10,14,17-18H,7-8,11-13H2,1-6H3/t17-,18-. The highest BCUT2D eigenvalue weighted by Gasteiger charge is 2.34. The zero-order chi connectivity index (χ0) is 17.1. The van der Waals surface area contributed by atoms with E-state index in [4.69, 9.17) is 9.47 Å². The number of hydrogen-bond acceptors (Lipinski definition) is 3. The quantitative estimate of drug-likeness (QED) is 0.724. The fraction of sp³-hybridized carbons (Fsp3) is 0.750. The van der Waals surface area contributed by atoms with Crippen LogP contribution in [0, 0.1) is 5.41 Å². The molecule has 3 nitrogen and oxygen atoms in total. The van der Waals surface area contributed by atoms with Gasteiger partial charge in [0.1, 0.15) is 11.9 Å². The van der Waals surface area contributed by atoms with Crippen molar-refractivity contribution < 1.29 is 9.47 Å². The maximum Gasteiger partial charge on any atom is 0.138 e. The summed E-state index contributed by atoms with van der Waals surface area (Å²) in [4.78, 5) is 4.53. The van der Waals surface area contributed by atoms with Crippen LogP contribution in [0.1, 0.15) is 72.9 Å². The minimum Gasteiger partial charge on any atom is -0.489 e. The first-order chi connectivity index (χ1) is 10.6. The molecule has 0 unspecified atom stereocenters. The number of nitrogens with zero attached hydrogens (tertiary/aromatic N) is 1. The molecule has 0 bridgehead atoms. The lowest BCUT2D eigenvalue weighted by Gasteiger charge is -2.39. The van der Waals surface area contributed by atoms with Gasteiger partial charge in [0.2, 0.25) is 0 Å². The van der Waals surface area contributed by atoms with Crippen LogP contribution in [0.5, 0.6) is 5.75 Å². The van der Waals surface area contributed by atoms with Gasteiger partial charge < -0.3 is 9.47 Å². The summed E-state index contributed by atoms with van der Waals surface area (Å²) in [7, 11) is 0. The van der Waals surface area contributed by atoms with Gasteiger partial charge in [-0.15, -0.1) is 0 Å². The van der Waals surface area contributed by atoms with E-state index in [1.165, 1.54) is 12.8 Å². The van der Waals surface area contributed by atoms with Crippen molar-refractivity contribution in [2.24, 2.45) is 5.41 Å². The molecule has 130 valence electrons. The number of aromatic nitrogens is 1. The molecule has 0 spiro atoms. The molecule has 1 aliphatic rings. The summed E-state index contributed by atoms with van der Waals surface area (Å²) in [5.41, 5.74) is 1.49. The third kappa shape index (κ3) is 6.90. The second-order valence-electron chi connectivity index (χ2n) is 8.96. The molecule has 0 aliphatic heterocycles. The highest BCUT2D eigenvalue weighted by atomic mass is 16.5. The lowest BCUT2D eigenvalue weighted by Crippen LogP contribution is -2.43. The van der Waals surface area contributed by atoms with E-state index >= 15 is 0 Å². The molecule has 1 aromatic rings. The Morgan fingerprint density at radius 2 is 1.74 bits per heavy atom. The Morgan fingerprint density at radius 1 is 1.04 bits per heavy atom. The van der Waals surface area contributed by atoms with E-state index in [1.807, 2.05) is 6.20 Å². The number of hydrogen-bond donors (Lipinski definition) is 0. The summed E-state index contributed by atoms with van der Waals surface area (Å²) >= 11 is 0. The summed E-state index contributed by atoms with van der Waals surface area (Å²) < 4.78 is 11.9. The van der Waals surface area contributed by atoms with Crippen molar-refractivity contribution in [3.63, 3.8) is 0 Å². The molecule has 1 saturated carbocycles. The fourth-order valence-corrected chi connectivity index (χ4v) is 2.83. The van der Waals surface area contributed by atoms with Gasteiger partial charge in [-0.05, 0) is 57.6 Å². The first-order valence-corrected chi connectivity index (χ1v) is 8.90. The molecule has 0 atom stereocenters. The molecule has 2 rings (SSSR count). The number of rotatable bonds is 6. The van der Waals surface area contributed by atoms with Crippen molar-refractivity contribution in [3.05, 3.63) is 24.0 Å². The van der Waals surface area contributed by atoms with E-state index in [0.717, 1.165) is 30.7 Å². The van der Waals surface area contributed by atoms with E-state index in [2.05, 4.69) is 58.7 Å². The molecule has 23 heavy (non-hydrogen) atoms. The maximum atomic E-state index is 5.97. The van der Waals surface area contributed by atoms with Crippen LogP contribution in [0.25, 0.3) is 0 Å². The highest BCUT2D eigenvalue weighted by molar-refractivity contribution is 5.20. The third-order valence-corrected chi connectivity index (χ3v) is 4.03. The average molecular weight is 319 g/mol. The number of ether oxygens (including phenoxy) is 2. The molecule has 1 aliphatic carbocycles. The van der Waals surface area contributed by atoms with E-state index in [9.17, 15) is 0 Å². The first-order valence-electron chi connectivity index (χ1n) is 8.90. The summed E-state index contributed by atoms with van der Waals surface area (Å²) in [6.45, 7) is 13.2. The molecule has 0 aromatic carbocycles. The normalized spacial score (nSPS) is 21.8. The monoisotopic (exact) mass is 319 g/mol. The maximum absolute atomic E-state index is 5.97. The fourth-order valence-electron chi connectivity index (χ4n) is 2.83. The van der Waals surface area contributed by atoms with Crippen LogP contribution in [-0.4, -0.2) is 22.8 Å². The second kappa shape index (κ2) is 7.21. The van der Waals surface area contributed by atoms with E-state index < -0.39 is 0 Å². The molecule has 1 heterocycles. The Morgan fingerprint density at radius 3 is 2.26 bits per heavy atom. The average Bonchev–Trinajstić information content (AvgIpc) is 2.35. The van der Waals surface area contributed by atoms with Crippen LogP contribution in [0.15, 0.2) is 18.3 Å². The van der Waals surface area contributed by atoms with Gasteiger partial charge in [0.05, 0.1) is 17.9 Å². The largest absolute Gasteiger partial charge is 0.489 e. The van der Waals surface area contributed by atoms with Crippen molar-refractivity contribution in [2.75, 3.05) is 0 Å². The number of aryl methyl sites for hydroxylation is 1. The molecule has 0 saturated heterocycles. The van der Waals surface area contributed by atoms with Crippen LogP contribution in [0.4, 0.5) is 0 Å². The second-order valence-corrected chi connectivity index (χ2v) is 8.96. The molecule has 1 fully saturated rings. The zero-order valence-corrected chi connectivity index (χ0v) is 15.7. The third-order valence-electron chi connectivity index (χ3n) is 4.03. The predicted octanol–water partition coefficient (Wildman–Crippen LogP) is 5.18. The summed E-state index contributed by atoms with van der Waals surface area (Å²) in [6, 6.07) is 4.15. The molecular formula is C20H33NO2. The van der Waals surface area contributed by atoms with Gasteiger partial charge in [0, 0.05) is 18.5 Å². The molecule has 3 heteroatoms. The van der Waals surface area contributed by atoms with Gasteiger partial charge in [-0.2, -0.15) is 0 Å². The van der Waals surface area contributed by atoms with Crippen molar-refractivity contribution in [1.29, 1.82) is 0 Å². The summed E-state index contributed by atoms with van der Waals surface area (Å²) in [6.07, 6.45) is 7.89.